The Morgan fingerprint density at radius 2 is 2.12 bits per heavy atom. The van der Waals surface area contributed by atoms with Crippen LogP contribution < -0.4 is 10.6 Å². The highest BCUT2D eigenvalue weighted by atomic mass is 16.2. The molecule has 1 unspecified atom stereocenters. The van der Waals surface area contributed by atoms with Gasteiger partial charge in [0, 0.05) is 19.1 Å². The first-order valence-corrected chi connectivity index (χ1v) is 9.15. The number of carbonyl (C=O) groups excluding carboxylic acids is 2. The third-order valence-electron chi connectivity index (χ3n) is 4.43. The summed E-state index contributed by atoms with van der Waals surface area (Å²) in [5.74, 6) is -0.0457. The largest absolute Gasteiger partial charge is 0.354 e. The molecule has 1 aromatic heterocycles. The summed E-state index contributed by atoms with van der Waals surface area (Å²) < 4.78 is 1.96. The molecule has 1 aliphatic heterocycles. The molecule has 1 aromatic rings. The van der Waals surface area contributed by atoms with E-state index in [9.17, 15) is 9.59 Å². The minimum atomic E-state index is -0.0923. The molecule has 1 atom stereocenters. The fourth-order valence-electron chi connectivity index (χ4n) is 3.11. The van der Waals surface area contributed by atoms with Crippen LogP contribution in [-0.2, 0) is 17.8 Å². The normalized spacial score (nSPS) is 16.8. The third kappa shape index (κ3) is 4.82. The van der Waals surface area contributed by atoms with E-state index in [1.807, 2.05) is 18.4 Å². The van der Waals surface area contributed by atoms with Gasteiger partial charge in [0.25, 0.3) is 5.91 Å². The predicted molar refractivity (Wildman–Crippen MR) is 93.8 cm³/mol. The molecule has 24 heavy (non-hydrogen) atoms. The van der Waals surface area contributed by atoms with Gasteiger partial charge in [-0.2, -0.15) is 0 Å². The molecule has 0 spiro atoms. The van der Waals surface area contributed by atoms with E-state index in [2.05, 4.69) is 22.5 Å². The van der Waals surface area contributed by atoms with E-state index in [0.29, 0.717) is 18.8 Å². The second-order valence-electron chi connectivity index (χ2n) is 6.91. The second-order valence-corrected chi connectivity index (χ2v) is 6.91. The van der Waals surface area contributed by atoms with Gasteiger partial charge in [-0.05, 0) is 33.1 Å². The van der Waals surface area contributed by atoms with Crippen molar-refractivity contribution in [2.45, 2.75) is 71.9 Å². The number of aromatic nitrogens is 2. The molecule has 134 valence electrons. The minimum Gasteiger partial charge on any atom is -0.354 e. The van der Waals surface area contributed by atoms with Crippen LogP contribution in [0.1, 0.15) is 69.1 Å². The first-order chi connectivity index (χ1) is 11.5. The van der Waals surface area contributed by atoms with Gasteiger partial charge < -0.3 is 15.2 Å². The summed E-state index contributed by atoms with van der Waals surface area (Å²) in [5.41, 5.74) is 1.47. The highest BCUT2D eigenvalue weighted by molar-refractivity contribution is 5.93. The molecule has 1 aliphatic rings. The molecular weight excluding hydrogens is 304 g/mol. The van der Waals surface area contributed by atoms with Crippen LogP contribution in [0.25, 0.3) is 0 Å². The Morgan fingerprint density at radius 3 is 2.83 bits per heavy atom. The first-order valence-electron chi connectivity index (χ1n) is 9.15. The van der Waals surface area contributed by atoms with Gasteiger partial charge in [0.15, 0.2) is 0 Å². The van der Waals surface area contributed by atoms with Gasteiger partial charge >= 0.3 is 0 Å². The lowest BCUT2D eigenvalue weighted by Gasteiger charge is -2.24. The van der Waals surface area contributed by atoms with Gasteiger partial charge in [0.05, 0.1) is 17.9 Å². The lowest BCUT2D eigenvalue weighted by Crippen LogP contribution is -2.39. The van der Waals surface area contributed by atoms with Crippen molar-refractivity contribution in [3.05, 3.63) is 17.7 Å². The molecule has 0 bridgehead atoms. The van der Waals surface area contributed by atoms with Crippen molar-refractivity contribution in [3.8, 4) is 0 Å². The molecule has 2 rings (SSSR count). The van der Waals surface area contributed by atoms with Gasteiger partial charge in [-0.1, -0.05) is 26.2 Å². The maximum absolute atomic E-state index is 12.3. The lowest BCUT2D eigenvalue weighted by molar-refractivity contribution is -0.126. The molecule has 0 radical (unpaired) electrons. The summed E-state index contributed by atoms with van der Waals surface area (Å²) in [5, 5.41) is 5.93. The smallest absolute Gasteiger partial charge is 0.271 e. The maximum Gasteiger partial charge on any atom is 0.271 e. The van der Waals surface area contributed by atoms with E-state index >= 15 is 0 Å². The number of carbonyl (C=O) groups is 2. The molecular formula is C18H30N4O2. The number of rotatable bonds is 8. The molecule has 2 amide bonds. The zero-order chi connectivity index (χ0) is 17.5. The lowest BCUT2D eigenvalue weighted by atomic mass is 9.96. The number of imidazole rings is 1. The minimum absolute atomic E-state index is 0.0425. The van der Waals surface area contributed by atoms with Crippen molar-refractivity contribution in [3.63, 3.8) is 0 Å². The Labute approximate surface area is 144 Å². The molecule has 0 saturated heterocycles. The molecule has 0 saturated carbocycles. The van der Waals surface area contributed by atoms with Crippen LogP contribution in [0.2, 0.25) is 0 Å². The van der Waals surface area contributed by atoms with E-state index < -0.39 is 0 Å². The van der Waals surface area contributed by atoms with Gasteiger partial charge in [-0.3, -0.25) is 9.59 Å². The standard InChI is InChI=1S/C18H30N4O2/c1-4-5-6-7-10-19-18(24)16-15-9-8-14(11-22(15)12-20-16)17(23)21-13(2)3/h12-14H,4-11H2,1-3H3,(H,19,24)(H,21,23). The number of hydrogen-bond donors (Lipinski definition) is 2. The molecule has 2 N–H and O–H groups in total. The maximum atomic E-state index is 12.3. The highest BCUT2D eigenvalue weighted by Crippen LogP contribution is 2.22. The number of fused-ring (bicyclic) bond motifs is 1. The van der Waals surface area contributed by atoms with Crippen LogP contribution in [0.3, 0.4) is 0 Å². The van der Waals surface area contributed by atoms with Crippen LogP contribution in [-0.4, -0.2) is 34.0 Å². The van der Waals surface area contributed by atoms with Crippen LogP contribution in [0.4, 0.5) is 0 Å². The average Bonchev–Trinajstić information content (AvgIpc) is 2.97. The van der Waals surface area contributed by atoms with Gasteiger partial charge in [0.1, 0.15) is 5.69 Å². The number of unbranched alkanes of at least 4 members (excludes halogenated alkanes) is 3. The highest BCUT2D eigenvalue weighted by Gasteiger charge is 2.28. The Balaban J connectivity index is 1.90. The van der Waals surface area contributed by atoms with Gasteiger partial charge in [-0.15, -0.1) is 0 Å². The first kappa shape index (κ1) is 18.5. The molecule has 6 nitrogen and oxygen atoms in total. The summed E-state index contributed by atoms with van der Waals surface area (Å²) >= 11 is 0. The molecule has 2 heterocycles. The van der Waals surface area contributed by atoms with Crippen molar-refractivity contribution < 1.29 is 9.59 Å². The summed E-state index contributed by atoms with van der Waals surface area (Å²) in [6.07, 6.45) is 7.72. The zero-order valence-electron chi connectivity index (χ0n) is 15.1. The Morgan fingerprint density at radius 1 is 1.33 bits per heavy atom. The molecule has 0 fully saturated rings. The number of nitrogens with zero attached hydrogens (tertiary/aromatic N) is 2. The van der Waals surface area contributed by atoms with Crippen LogP contribution >= 0.6 is 0 Å². The molecule has 0 aromatic carbocycles. The Kier molecular flexibility index (Phi) is 6.82. The van der Waals surface area contributed by atoms with Crippen molar-refractivity contribution in [1.82, 2.24) is 20.2 Å². The third-order valence-corrected chi connectivity index (χ3v) is 4.43. The fraction of sp³-hybridized carbons (Fsp3) is 0.722. The Hall–Kier alpha value is -1.85. The van der Waals surface area contributed by atoms with Crippen molar-refractivity contribution >= 4 is 11.8 Å². The second kappa shape index (κ2) is 8.85. The van der Waals surface area contributed by atoms with E-state index in [1.54, 1.807) is 6.33 Å². The SMILES string of the molecule is CCCCCCNC(=O)c1ncn2c1CCC(C(=O)NC(C)C)C2. The zero-order valence-corrected chi connectivity index (χ0v) is 15.1. The summed E-state index contributed by atoms with van der Waals surface area (Å²) in [6.45, 7) is 7.40. The summed E-state index contributed by atoms with van der Waals surface area (Å²) in [7, 11) is 0. The monoisotopic (exact) mass is 334 g/mol. The number of amides is 2. The summed E-state index contributed by atoms with van der Waals surface area (Å²) in [4.78, 5) is 28.8. The van der Waals surface area contributed by atoms with E-state index in [0.717, 1.165) is 31.4 Å². The molecule has 0 aliphatic carbocycles. The number of nitrogens with one attached hydrogen (secondary N) is 2. The average molecular weight is 334 g/mol. The van der Waals surface area contributed by atoms with Gasteiger partial charge in [0.2, 0.25) is 5.91 Å². The molecule has 6 heteroatoms. The van der Waals surface area contributed by atoms with E-state index in [-0.39, 0.29) is 23.8 Å². The van der Waals surface area contributed by atoms with Gasteiger partial charge in [-0.25, -0.2) is 4.98 Å². The van der Waals surface area contributed by atoms with Crippen LogP contribution in [0.15, 0.2) is 6.33 Å². The summed E-state index contributed by atoms with van der Waals surface area (Å²) in [6, 6.07) is 0.149. The van der Waals surface area contributed by atoms with Crippen LogP contribution in [0, 0.1) is 5.92 Å². The van der Waals surface area contributed by atoms with E-state index in [4.69, 9.17) is 0 Å². The fourth-order valence-corrected chi connectivity index (χ4v) is 3.11. The van der Waals surface area contributed by atoms with E-state index in [1.165, 1.54) is 12.8 Å². The van der Waals surface area contributed by atoms with Crippen molar-refractivity contribution in [2.24, 2.45) is 5.92 Å². The topological polar surface area (TPSA) is 76.0 Å². The van der Waals surface area contributed by atoms with Crippen molar-refractivity contribution in [2.75, 3.05) is 6.54 Å². The quantitative estimate of drug-likeness (QED) is 0.716. The number of hydrogen-bond acceptors (Lipinski definition) is 3. The van der Waals surface area contributed by atoms with Crippen LogP contribution in [0.5, 0.6) is 0 Å². The Bertz CT molecular complexity index is 565. The van der Waals surface area contributed by atoms with Crippen molar-refractivity contribution in [1.29, 1.82) is 0 Å². The predicted octanol–water partition coefficient (Wildman–Crippen LogP) is 2.28.